The second-order valence-corrected chi connectivity index (χ2v) is 3.86. The van der Waals surface area contributed by atoms with Gasteiger partial charge in [-0.25, -0.2) is 8.78 Å². The molecule has 0 radical (unpaired) electrons. The number of benzene rings is 1. The van der Waals surface area contributed by atoms with Gasteiger partial charge in [0.2, 0.25) is 0 Å². The highest BCUT2D eigenvalue weighted by Gasteiger charge is 2.24. The van der Waals surface area contributed by atoms with E-state index < -0.39 is 5.92 Å². The Bertz CT molecular complexity index is 307. The van der Waals surface area contributed by atoms with Crippen molar-refractivity contribution in [3.63, 3.8) is 0 Å². The Hall–Kier alpha value is -0.480. The third-order valence-corrected chi connectivity index (χ3v) is 2.16. The highest BCUT2D eigenvalue weighted by Crippen LogP contribution is 2.29. The van der Waals surface area contributed by atoms with Crippen molar-refractivity contribution in [3.8, 4) is 0 Å². The SMILES string of the molecule is CC(F)(F)c1cc(Br)cc(CN)c1. The Kier molecular flexibility index (Phi) is 3.03. The summed E-state index contributed by atoms with van der Waals surface area (Å²) in [5.41, 5.74) is 6.05. The molecular weight excluding hydrogens is 240 g/mol. The van der Waals surface area contributed by atoms with E-state index in [0.717, 1.165) is 6.92 Å². The van der Waals surface area contributed by atoms with Crippen molar-refractivity contribution >= 4 is 15.9 Å². The molecule has 0 atom stereocenters. The first-order valence-corrected chi connectivity index (χ1v) is 4.60. The minimum Gasteiger partial charge on any atom is -0.326 e. The van der Waals surface area contributed by atoms with E-state index in [9.17, 15) is 8.78 Å². The van der Waals surface area contributed by atoms with E-state index in [4.69, 9.17) is 5.73 Å². The van der Waals surface area contributed by atoms with Gasteiger partial charge in [0.05, 0.1) is 0 Å². The van der Waals surface area contributed by atoms with Crippen LogP contribution in [0, 0.1) is 0 Å². The van der Waals surface area contributed by atoms with Crippen LogP contribution in [0.1, 0.15) is 18.1 Å². The molecule has 0 bridgehead atoms. The molecule has 0 spiro atoms. The lowest BCUT2D eigenvalue weighted by molar-refractivity contribution is 0.0173. The molecule has 1 aromatic carbocycles. The zero-order valence-electron chi connectivity index (χ0n) is 7.15. The van der Waals surface area contributed by atoms with Crippen LogP contribution in [0.25, 0.3) is 0 Å². The smallest absolute Gasteiger partial charge is 0.270 e. The van der Waals surface area contributed by atoms with Gasteiger partial charge < -0.3 is 5.73 Å². The molecule has 0 saturated carbocycles. The van der Waals surface area contributed by atoms with Crippen LogP contribution >= 0.6 is 15.9 Å². The fourth-order valence-corrected chi connectivity index (χ4v) is 1.56. The van der Waals surface area contributed by atoms with E-state index in [-0.39, 0.29) is 12.1 Å². The van der Waals surface area contributed by atoms with Crippen molar-refractivity contribution in [2.75, 3.05) is 0 Å². The highest BCUT2D eigenvalue weighted by molar-refractivity contribution is 9.10. The van der Waals surface area contributed by atoms with Gasteiger partial charge in [0.15, 0.2) is 0 Å². The summed E-state index contributed by atoms with van der Waals surface area (Å²) in [6.45, 7) is 1.14. The Balaban J connectivity index is 3.16. The standard InChI is InChI=1S/C9H10BrF2N/c1-9(11,12)7-2-6(5-13)3-8(10)4-7/h2-4H,5,13H2,1H3. The van der Waals surface area contributed by atoms with Crippen LogP contribution in [0.15, 0.2) is 22.7 Å². The normalized spacial score (nSPS) is 11.8. The quantitative estimate of drug-likeness (QED) is 0.857. The summed E-state index contributed by atoms with van der Waals surface area (Å²) >= 11 is 3.16. The van der Waals surface area contributed by atoms with Crippen LogP contribution in [0.3, 0.4) is 0 Å². The largest absolute Gasteiger partial charge is 0.326 e. The summed E-state index contributed by atoms with van der Waals surface area (Å²) in [6.07, 6.45) is 0. The Morgan fingerprint density at radius 1 is 1.38 bits per heavy atom. The predicted octanol–water partition coefficient (Wildman–Crippen LogP) is 3.02. The number of nitrogens with two attached hydrogens (primary N) is 1. The molecule has 72 valence electrons. The Labute approximate surface area is 84.1 Å². The van der Waals surface area contributed by atoms with Crippen LogP contribution in [0.5, 0.6) is 0 Å². The van der Waals surface area contributed by atoms with Gasteiger partial charge in [-0.15, -0.1) is 0 Å². The van der Waals surface area contributed by atoms with Gasteiger partial charge >= 0.3 is 0 Å². The third-order valence-electron chi connectivity index (χ3n) is 1.70. The minimum atomic E-state index is -2.81. The van der Waals surface area contributed by atoms with Gasteiger partial charge in [-0.05, 0) is 23.8 Å². The molecule has 1 aromatic rings. The number of hydrogen-bond donors (Lipinski definition) is 1. The third kappa shape index (κ3) is 2.74. The van der Waals surface area contributed by atoms with Gasteiger partial charge in [0.1, 0.15) is 0 Å². The molecule has 0 aromatic heterocycles. The Morgan fingerprint density at radius 2 is 2.00 bits per heavy atom. The molecule has 0 heterocycles. The van der Waals surface area contributed by atoms with Crippen LogP contribution in [-0.2, 0) is 12.5 Å². The molecule has 0 saturated heterocycles. The number of rotatable bonds is 2. The van der Waals surface area contributed by atoms with E-state index >= 15 is 0 Å². The van der Waals surface area contributed by atoms with Crippen LogP contribution in [0.2, 0.25) is 0 Å². The average molecular weight is 250 g/mol. The van der Waals surface area contributed by atoms with Gasteiger partial charge in [-0.1, -0.05) is 15.9 Å². The summed E-state index contributed by atoms with van der Waals surface area (Å²) in [7, 11) is 0. The second-order valence-electron chi connectivity index (χ2n) is 2.94. The maximum absolute atomic E-state index is 12.9. The summed E-state index contributed by atoms with van der Waals surface area (Å²) in [5.74, 6) is -2.81. The van der Waals surface area contributed by atoms with Crippen molar-refractivity contribution in [3.05, 3.63) is 33.8 Å². The molecule has 1 rings (SSSR count). The molecule has 4 heteroatoms. The topological polar surface area (TPSA) is 26.0 Å². The zero-order valence-corrected chi connectivity index (χ0v) is 8.74. The summed E-state index contributed by atoms with van der Waals surface area (Å²) in [5, 5.41) is 0. The van der Waals surface area contributed by atoms with Crippen molar-refractivity contribution in [2.24, 2.45) is 5.73 Å². The van der Waals surface area contributed by atoms with Crippen molar-refractivity contribution in [1.82, 2.24) is 0 Å². The highest BCUT2D eigenvalue weighted by atomic mass is 79.9. The lowest BCUT2D eigenvalue weighted by Crippen LogP contribution is -2.08. The molecule has 2 N–H and O–H groups in total. The van der Waals surface area contributed by atoms with Crippen molar-refractivity contribution < 1.29 is 8.78 Å². The molecule has 0 aliphatic carbocycles. The summed E-state index contributed by atoms with van der Waals surface area (Å²) in [4.78, 5) is 0. The zero-order chi connectivity index (χ0) is 10.1. The lowest BCUT2D eigenvalue weighted by Gasteiger charge is -2.12. The van der Waals surface area contributed by atoms with E-state index in [0.29, 0.717) is 10.0 Å². The van der Waals surface area contributed by atoms with E-state index in [1.807, 2.05) is 0 Å². The second kappa shape index (κ2) is 3.72. The number of alkyl halides is 2. The maximum Gasteiger partial charge on any atom is 0.270 e. The molecule has 1 nitrogen and oxygen atoms in total. The Morgan fingerprint density at radius 3 is 2.46 bits per heavy atom. The van der Waals surface area contributed by atoms with Crippen LogP contribution < -0.4 is 5.73 Å². The fraction of sp³-hybridized carbons (Fsp3) is 0.333. The molecule has 0 unspecified atom stereocenters. The summed E-state index contributed by atoms with van der Waals surface area (Å²) < 4.78 is 26.4. The van der Waals surface area contributed by atoms with E-state index in [2.05, 4.69) is 15.9 Å². The van der Waals surface area contributed by atoms with Gasteiger partial charge in [0.25, 0.3) is 5.92 Å². The number of hydrogen-bond acceptors (Lipinski definition) is 1. The van der Waals surface area contributed by atoms with Gasteiger partial charge in [0, 0.05) is 23.5 Å². The molecule has 0 aliphatic heterocycles. The van der Waals surface area contributed by atoms with Crippen LogP contribution in [-0.4, -0.2) is 0 Å². The molecule has 0 amide bonds. The van der Waals surface area contributed by atoms with Crippen molar-refractivity contribution in [1.29, 1.82) is 0 Å². The lowest BCUT2D eigenvalue weighted by atomic mass is 10.1. The first kappa shape index (κ1) is 10.6. The van der Waals surface area contributed by atoms with Gasteiger partial charge in [-0.3, -0.25) is 0 Å². The average Bonchev–Trinajstić information content (AvgIpc) is 2.01. The first-order valence-electron chi connectivity index (χ1n) is 3.81. The van der Waals surface area contributed by atoms with E-state index in [1.165, 1.54) is 12.1 Å². The summed E-state index contributed by atoms with van der Waals surface area (Å²) in [6, 6.07) is 4.55. The number of halogens is 3. The van der Waals surface area contributed by atoms with E-state index in [1.54, 1.807) is 6.07 Å². The molecule has 0 aliphatic rings. The predicted molar refractivity (Wildman–Crippen MR) is 51.6 cm³/mol. The molecular formula is C9H10BrF2N. The van der Waals surface area contributed by atoms with Crippen molar-refractivity contribution in [2.45, 2.75) is 19.4 Å². The minimum absolute atomic E-state index is 0.0117. The molecule has 13 heavy (non-hydrogen) atoms. The monoisotopic (exact) mass is 249 g/mol. The first-order chi connectivity index (χ1) is 5.93. The van der Waals surface area contributed by atoms with Crippen LogP contribution in [0.4, 0.5) is 8.78 Å². The molecule has 0 fully saturated rings. The maximum atomic E-state index is 12.9. The fourth-order valence-electron chi connectivity index (χ4n) is 1.02. The van der Waals surface area contributed by atoms with Gasteiger partial charge in [-0.2, -0.15) is 0 Å².